The number of quaternary nitrogens is 1. The second kappa shape index (κ2) is 10.1. The number of esters is 1. The van der Waals surface area contributed by atoms with Gasteiger partial charge in [-0.25, -0.2) is 4.79 Å². The van der Waals surface area contributed by atoms with Crippen LogP contribution in [0.5, 0.6) is 0 Å². The molecule has 2 fully saturated rings. The van der Waals surface area contributed by atoms with E-state index in [0.29, 0.717) is 48.3 Å². The lowest BCUT2D eigenvalue weighted by molar-refractivity contribution is -0.907. The molecule has 2 aromatic rings. The minimum Gasteiger partial charge on any atom is -0.460 e. The molecule has 1 atom stereocenters. The number of carbonyl (C=O) groups is 2. The molecular formula is C25H34N3O5+. The summed E-state index contributed by atoms with van der Waals surface area (Å²) in [7, 11) is 2.03. The summed E-state index contributed by atoms with van der Waals surface area (Å²) in [6.45, 7) is 1.72. The topological polar surface area (TPSA) is 102 Å². The van der Waals surface area contributed by atoms with E-state index < -0.39 is 11.6 Å². The van der Waals surface area contributed by atoms with Crippen molar-refractivity contribution in [2.45, 2.75) is 56.7 Å². The van der Waals surface area contributed by atoms with Crippen LogP contribution in [0.3, 0.4) is 0 Å². The van der Waals surface area contributed by atoms with Gasteiger partial charge in [0.1, 0.15) is 12.4 Å². The molecule has 0 spiro atoms. The normalized spacial score (nSPS) is 25.7. The van der Waals surface area contributed by atoms with E-state index in [1.165, 1.54) is 6.26 Å². The molecule has 1 aliphatic carbocycles. The monoisotopic (exact) mass is 456 g/mol. The number of ether oxygens (including phenoxy) is 1. The Kier molecular flexibility index (Phi) is 7.14. The van der Waals surface area contributed by atoms with Gasteiger partial charge in [-0.15, -0.1) is 0 Å². The fraction of sp³-hybridized carbons (Fsp3) is 0.560. The summed E-state index contributed by atoms with van der Waals surface area (Å²) < 4.78 is 11.2. The minimum atomic E-state index is -1.62. The van der Waals surface area contributed by atoms with Gasteiger partial charge in [-0.05, 0) is 18.4 Å². The van der Waals surface area contributed by atoms with E-state index >= 15 is 0 Å². The molecule has 4 rings (SSSR count). The van der Waals surface area contributed by atoms with Crippen LogP contribution in [0, 0.1) is 5.92 Å². The predicted octanol–water partition coefficient (Wildman–Crippen LogP) is 3.23. The summed E-state index contributed by atoms with van der Waals surface area (Å²) in [4.78, 5) is 25.8. The van der Waals surface area contributed by atoms with Gasteiger partial charge in [0.25, 0.3) is 5.91 Å². The van der Waals surface area contributed by atoms with Crippen LogP contribution in [-0.2, 0) is 19.9 Å². The Morgan fingerprint density at radius 3 is 2.45 bits per heavy atom. The van der Waals surface area contributed by atoms with Crippen molar-refractivity contribution in [3.05, 3.63) is 48.2 Å². The molecule has 8 nitrogen and oxygen atoms in total. The quantitative estimate of drug-likeness (QED) is 0.490. The van der Waals surface area contributed by atoms with Crippen molar-refractivity contribution in [2.75, 3.05) is 32.0 Å². The molecule has 1 amide bonds. The molecule has 1 aromatic heterocycles. The van der Waals surface area contributed by atoms with Gasteiger partial charge in [0, 0.05) is 24.8 Å². The number of aromatic nitrogens is 1. The molecule has 33 heavy (non-hydrogen) atoms. The Bertz CT molecular complexity index is 919. The molecule has 1 unspecified atom stereocenters. The number of anilines is 1. The molecule has 0 radical (unpaired) electrons. The van der Waals surface area contributed by atoms with Crippen LogP contribution in [-0.4, -0.2) is 59.4 Å². The average Bonchev–Trinajstić information content (AvgIpc) is 3.34. The Hall–Kier alpha value is -2.71. The van der Waals surface area contributed by atoms with Crippen LogP contribution in [0.2, 0.25) is 0 Å². The van der Waals surface area contributed by atoms with E-state index in [-0.39, 0.29) is 17.9 Å². The predicted molar refractivity (Wildman–Crippen MR) is 122 cm³/mol. The zero-order valence-corrected chi connectivity index (χ0v) is 19.2. The van der Waals surface area contributed by atoms with Crippen LogP contribution in [0.4, 0.5) is 5.82 Å². The van der Waals surface area contributed by atoms with Crippen molar-refractivity contribution in [2.24, 2.45) is 5.92 Å². The van der Waals surface area contributed by atoms with Crippen LogP contribution in [0.25, 0.3) is 0 Å². The summed E-state index contributed by atoms with van der Waals surface area (Å²) in [5.41, 5.74) is -1.00. The summed E-state index contributed by atoms with van der Waals surface area (Å²) in [6, 6.07) is 10.8. The molecule has 1 aromatic carbocycles. The van der Waals surface area contributed by atoms with Gasteiger partial charge in [0.15, 0.2) is 18.0 Å². The molecule has 2 heterocycles. The number of benzene rings is 1. The third-order valence-corrected chi connectivity index (χ3v) is 7.21. The molecule has 1 saturated heterocycles. The van der Waals surface area contributed by atoms with Crippen LogP contribution in [0.15, 0.2) is 47.2 Å². The smallest absolute Gasteiger partial charge is 0.343 e. The fourth-order valence-corrected chi connectivity index (χ4v) is 5.22. The third-order valence-electron chi connectivity index (χ3n) is 7.21. The summed E-state index contributed by atoms with van der Waals surface area (Å²) in [6.07, 6.45) is 7.26. The SMILES string of the molecule is C[N+]1(CC(=O)Nc2ccon2)CCC(OC(=O)C(O)(c2ccccc2)C2CCCCC2)CC1. The molecule has 8 heteroatoms. The maximum Gasteiger partial charge on any atom is 0.343 e. The number of amides is 1. The van der Waals surface area contributed by atoms with Gasteiger partial charge in [-0.3, -0.25) is 4.79 Å². The highest BCUT2D eigenvalue weighted by Crippen LogP contribution is 2.41. The van der Waals surface area contributed by atoms with Gasteiger partial charge in [-0.1, -0.05) is 54.8 Å². The standard InChI is InChI=1S/C25H33N3O5/c1-28(18-23(29)26-22-14-17-32-27-22)15-12-21(13-16-28)33-24(30)25(31,19-8-4-2-5-9-19)20-10-6-3-7-11-20/h2,4-5,8-9,14,17,20-21,31H,3,6-7,10-13,15-16,18H2,1H3/p+1. The van der Waals surface area contributed by atoms with E-state index in [2.05, 4.69) is 10.5 Å². The minimum absolute atomic E-state index is 0.127. The van der Waals surface area contributed by atoms with Crippen LogP contribution >= 0.6 is 0 Å². The maximum atomic E-state index is 13.4. The maximum absolute atomic E-state index is 13.4. The Labute approximate surface area is 194 Å². The van der Waals surface area contributed by atoms with E-state index in [4.69, 9.17) is 9.26 Å². The number of hydrogen-bond acceptors (Lipinski definition) is 6. The van der Waals surface area contributed by atoms with Gasteiger partial charge < -0.3 is 24.2 Å². The lowest BCUT2D eigenvalue weighted by Crippen LogP contribution is -2.55. The first kappa shape index (κ1) is 23.4. The van der Waals surface area contributed by atoms with Gasteiger partial charge in [-0.2, -0.15) is 0 Å². The van der Waals surface area contributed by atoms with Crippen molar-refractivity contribution in [1.82, 2.24) is 5.16 Å². The number of nitrogens with one attached hydrogen (secondary N) is 1. The number of carbonyl (C=O) groups excluding carboxylic acids is 2. The Balaban J connectivity index is 1.37. The Morgan fingerprint density at radius 2 is 1.82 bits per heavy atom. The number of rotatable bonds is 7. The highest BCUT2D eigenvalue weighted by Gasteiger charge is 2.48. The van der Waals surface area contributed by atoms with Gasteiger partial charge in [0.2, 0.25) is 0 Å². The molecular weight excluding hydrogens is 422 g/mol. The number of likely N-dealkylation sites (N-methyl/N-ethyl adjacent to an activating group) is 1. The molecule has 2 N–H and O–H groups in total. The Morgan fingerprint density at radius 1 is 1.12 bits per heavy atom. The molecule has 1 saturated carbocycles. The number of likely N-dealkylation sites (tertiary alicyclic amines) is 1. The van der Waals surface area contributed by atoms with E-state index in [1.54, 1.807) is 6.07 Å². The van der Waals surface area contributed by atoms with E-state index in [0.717, 1.165) is 32.1 Å². The molecule has 178 valence electrons. The molecule has 1 aliphatic heterocycles. The number of piperidine rings is 1. The van der Waals surface area contributed by atoms with Crippen molar-refractivity contribution in [3.8, 4) is 0 Å². The first-order chi connectivity index (χ1) is 15.9. The van der Waals surface area contributed by atoms with E-state index in [1.807, 2.05) is 37.4 Å². The second-order valence-electron chi connectivity index (χ2n) is 9.73. The van der Waals surface area contributed by atoms with Crippen molar-refractivity contribution in [3.63, 3.8) is 0 Å². The molecule has 2 aliphatic rings. The van der Waals surface area contributed by atoms with Gasteiger partial charge in [0.05, 0.1) is 20.1 Å². The number of nitrogens with zero attached hydrogens (tertiary/aromatic N) is 2. The van der Waals surface area contributed by atoms with Crippen LogP contribution in [0.1, 0.15) is 50.5 Å². The van der Waals surface area contributed by atoms with Crippen molar-refractivity contribution >= 4 is 17.7 Å². The lowest BCUT2D eigenvalue weighted by atomic mass is 9.73. The van der Waals surface area contributed by atoms with E-state index in [9.17, 15) is 14.7 Å². The van der Waals surface area contributed by atoms with Crippen molar-refractivity contribution in [1.29, 1.82) is 0 Å². The zero-order chi connectivity index (χ0) is 23.3. The zero-order valence-electron chi connectivity index (χ0n) is 19.2. The third kappa shape index (κ3) is 5.45. The second-order valence-corrected chi connectivity index (χ2v) is 9.73. The summed E-state index contributed by atoms with van der Waals surface area (Å²) >= 11 is 0. The first-order valence-electron chi connectivity index (χ1n) is 11.9. The highest BCUT2D eigenvalue weighted by atomic mass is 16.6. The number of aliphatic hydroxyl groups is 1. The average molecular weight is 457 g/mol. The number of hydrogen-bond donors (Lipinski definition) is 2. The largest absolute Gasteiger partial charge is 0.460 e. The lowest BCUT2D eigenvalue weighted by Gasteiger charge is -2.41. The molecule has 0 bridgehead atoms. The highest BCUT2D eigenvalue weighted by molar-refractivity contribution is 5.90. The summed E-state index contributed by atoms with van der Waals surface area (Å²) in [5.74, 6) is -0.396. The van der Waals surface area contributed by atoms with Crippen LogP contribution < -0.4 is 5.32 Å². The first-order valence-corrected chi connectivity index (χ1v) is 11.9. The fourth-order valence-electron chi connectivity index (χ4n) is 5.22. The van der Waals surface area contributed by atoms with Crippen molar-refractivity contribution < 1.29 is 28.4 Å². The summed E-state index contributed by atoms with van der Waals surface area (Å²) in [5, 5.41) is 18.1. The van der Waals surface area contributed by atoms with Gasteiger partial charge >= 0.3 is 5.97 Å².